The second kappa shape index (κ2) is 10.6. The van der Waals surface area contributed by atoms with Crippen molar-refractivity contribution in [1.29, 1.82) is 0 Å². The summed E-state index contributed by atoms with van der Waals surface area (Å²) in [4.78, 5) is 32.7. The van der Waals surface area contributed by atoms with E-state index in [1.54, 1.807) is 0 Å². The molecule has 0 heterocycles. The van der Waals surface area contributed by atoms with Crippen LogP contribution in [-0.4, -0.2) is 39.2 Å². The lowest BCUT2D eigenvalue weighted by Gasteiger charge is -2.27. The predicted molar refractivity (Wildman–Crippen MR) is 128 cm³/mol. The fourth-order valence-corrected chi connectivity index (χ4v) is 3.46. The summed E-state index contributed by atoms with van der Waals surface area (Å²) in [6.07, 6.45) is -1.51. The van der Waals surface area contributed by atoms with E-state index in [1.165, 1.54) is 24.3 Å². The van der Waals surface area contributed by atoms with Gasteiger partial charge in [0.1, 0.15) is 6.17 Å². The van der Waals surface area contributed by atoms with Crippen LogP contribution in [0, 0.1) is 20.2 Å². The molecule has 2 aromatic rings. The number of nitro groups is 2. The van der Waals surface area contributed by atoms with Crippen LogP contribution >= 0.6 is 47.0 Å². The molecule has 1 amide bonds. The monoisotopic (exact) mass is 570 g/mol. The van der Waals surface area contributed by atoms with E-state index >= 15 is 0 Å². The van der Waals surface area contributed by atoms with Gasteiger partial charge in [-0.2, -0.15) is 0 Å². The van der Waals surface area contributed by atoms with E-state index in [9.17, 15) is 33.4 Å². The topological polar surface area (TPSA) is 200 Å². The SMILES string of the molecule is NS(=O)(=O)c1ccc(NC(=S)N[C@H](NC(=O)c2cc([N+](=O)[O-])cc([N+](=O)[O-])c2)C(Cl)(Cl)Cl)cc1. The number of carbonyl (C=O) groups is 1. The Morgan fingerprint density at radius 3 is 1.91 bits per heavy atom. The Hall–Kier alpha value is -2.82. The van der Waals surface area contributed by atoms with Crippen LogP contribution in [0.4, 0.5) is 17.1 Å². The molecule has 2 aromatic carbocycles. The number of amides is 1. The normalized spacial score (nSPS) is 12.4. The number of benzene rings is 2. The van der Waals surface area contributed by atoms with Crippen LogP contribution in [0.5, 0.6) is 0 Å². The lowest BCUT2D eigenvalue weighted by molar-refractivity contribution is -0.394. The molecule has 1 atom stereocenters. The Morgan fingerprint density at radius 1 is 1.00 bits per heavy atom. The molecule has 34 heavy (non-hydrogen) atoms. The van der Waals surface area contributed by atoms with Crippen molar-refractivity contribution in [3.05, 3.63) is 68.3 Å². The molecule has 182 valence electrons. The maximum Gasteiger partial charge on any atom is 0.277 e. The highest BCUT2D eigenvalue weighted by atomic mass is 35.6. The number of primary sulfonamides is 1. The summed E-state index contributed by atoms with van der Waals surface area (Å²) < 4.78 is 20.4. The first-order valence-electron chi connectivity index (χ1n) is 8.60. The lowest BCUT2D eigenvalue weighted by atomic mass is 10.1. The highest BCUT2D eigenvalue weighted by molar-refractivity contribution is 7.89. The van der Waals surface area contributed by atoms with Gasteiger partial charge in [-0.15, -0.1) is 0 Å². The number of nitrogens with one attached hydrogen (secondary N) is 3. The molecule has 0 saturated carbocycles. The fourth-order valence-electron chi connectivity index (χ4n) is 2.38. The first-order chi connectivity index (χ1) is 15.6. The van der Waals surface area contributed by atoms with Crippen LogP contribution in [0.2, 0.25) is 0 Å². The lowest BCUT2D eigenvalue weighted by Crippen LogP contribution is -2.56. The molecule has 0 unspecified atom stereocenters. The summed E-state index contributed by atoms with van der Waals surface area (Å²) in [5, 5.41) is 34.3. The molecule has 0 fully saturated rings. The van der Waals surface area contributed by atoms with E-state index in [0.717, 1.165) is 12.1 Å². The average Bonchev–Trinajstić information content (AvgIpc) is 2.71. The number of nitrogens with zero attached hydrogens (tertiary/aromatic N) is 2. The number of sulfonamides is 1. The average molecular weight is 572 g/mol. The number of hydrogen-bond acceptors (Lipinski definition) is 8. The second-order valence-electron chi connectivity index (χ2n) is 6.37. The van der Waals surface area contributed by atoms with Crippen LogP contribution in [0.1, 0.15) is 10.4 Å². The number of rotatable bonds is 7. The largest absolute Gasteiger partial charge is 0.339 e. The van der Waals surface area contributed by atoms with Gasteiger partial charge in [0, 0.05) is 17.8 Å². The first kappa shape index (κ1) is 27.4. The molecular weight excluding hydrogens is 559 g/mol. The number of nitrogens with two attached hydrogens (primary N) is 1. The third-order valence-electron chi connectivity index (χ3n) is 3.91. The van der Waals surface area contributed by atoms with Crippen molar-refractivity contribution >= 4 is 85.1 Å². The van der Waals surface area contributed by atoms with Gasteiger partial charge in [-0.3, -0.25) is 25.0 Å². The van der Waals surface area contributed by atoms with Crippen LogP contribution in [-0.2, 0) is 10.0 Å². The Balaban J connectivity index is 2.21. The van der Waals surface area contributed by atoms with Crippen LogP contribution in [0.3, 0.4) is 0 Å². The van der Waals surface area contributed by atoms with Crippen LogP contribution in [0.25, 0.3) is 0 Å². The minimum Gasteiger partial charge on any atom is -0.339 e. The summed E-state index contributed by atoms with van der Waals surface area (Å²) >= 11 is 22.7. The van der Waals surface area contributed by atoms with Crippen molar-refractivity contribution < 1.29 is 23.1 Å². The smallest absolute Gasteiger partial charge is 0.277 e. The number of thiocarbonyl (C=S) groups is 1. The number of non-ortho nitro benzene ring substituents is 2. The van der Waals surface area contributed by atoms with Crippen molar-refractivity contribution in [2.45, 2.75) is 14.9 Å². The minimum absolute atomic E-state index is 0.144. The van der Waals surface area contributed by atoms with E-state index < -0.39 is 52.7 Å². The van der Waals surface area contributed by atoms with Crippen molar-refractivity contribution in [2.75, 3.05) is 5.32 Å². The molecule has 18 heteroatoms. The van der Waals surface area contributed by atoms with E-state index in [2.05, 4.69) is 16.0 Å². The summed E-state index contributed by atoms with van der Waals surface area (Å²) in [7, 11) is -3.90. The Bertz CT molecular complexity index is 1220. The third-order valence-corrected chi connectivity index (χ3v) is 5.71. The molecule has 0 aromatic heterocycles. The molecule has 0 aliphatic rings. The quantitative estimate of drug-likeness (QED) is 0.126. The Labute approximate surface area is 211 Å². The maximum atomic E-state index is 12.6. The van der Waals surface area contributed by atoms with Gasteiger partial charge in [-0.25, -0.2) is 13.6 Å². The maximum absolute atomic E-state index is 12.6. The fraction of sp³-hybridized carbons (Fsp3) is 0.125. The molecule has 0 aliphatic carbocycles. The van der Waals surface area contributed by atoms with E-state index in [-0.39, 0.29) is 10.0 Å². The van der Waals surface area contributed by atoms with Gasteiger partial charge < -0.3 is 16.0 Å². The molecule has 0 aliphatic heterocycles. The zero-order chi connectivity index (χ0) is 25.8. The molecule has 0 bridgehead atoms. The predicted octanol–water partition coefficient (Wildman–Crippen LogP) is 2.56. The van der Waals surface area contributed by atoms with Gasteiger partial charge in [0.2, 0.25) is 13.8 Å². The number of nitro benzene ring substituents is 2. The van der Waals surface area contributed by atoms with Crippen molar-refractivity contribution in [3.8, 4) is 0 Å². The van der Waals surface area contributed by atoms with Crippen molar-refractivity contribution in [1.82, 2.24) is 10.6 Å². The van der Waals surface area contributed by atoms with Gasteiger partial charge in [-0.05, 0) is 36.5 Å². The third kappa shape index (κ3) is 7.61. The zero-order valence-corrected chi connectivity index (χ0v) is 20.3. The van der Waals surface area contributed by atoms with Gasteiger partial charge in [-0.1, -0.05) is 34.8 Å². The second-order valence-corrected chi connectivity index (χ2v) is 10.7. The van der Waals surface area contributed by atoms with Gasteiger partial charge in [0.05, 0.1) is 26.4 Å². The molecule has 0 radical (unpaired) electrons. The number of carbonyl (C=O) groups excluding carboxylic acids is 1. The first-order valence-corrected chi connectivity index (χ1v) is 11.7. The summed E-state index contributed by atoms with van der Waals surface area (Å²) in [6, 6.07) is 7.41. The van der Waals surface area contributed by atoms with Gasteiger partial charge >= 0.3 is 0 Å². The summed E-state index contributed by atoms with van der Waals surface area (Å²) in [5.41, 5.74) is -1.52. The molecule has 2 rings (SSSR count). The molecule has 13 nitrogen and oxygen atoms in total. The minimum atomic E-state index is -3.90. The highest BCUT2D eigenvalue weighted by Crippen LogP contribution is 2.30. The Kier molecular flexibility index (Phi) is 8.57. The highest BCUT2D eigenvalue weighted by Gasteiger charge is 2.35. The van der Waals surface area contributed by atoms with Crippen molar-refractivity contribution in [3.63, 3.8) is 0 Å². The number of alkyl halides is 3. The zero-order valence-electron chi connectivity index (χ0n) is 16.4. The summed E-state index contributed by atoms with van der Waals surface area (Å²) in [5.74, 6) is -1.05. The van der Waals surface area contributed by atoms with Crippen LogP contribution < -0.4 is 21.1 Å². The van der Waals surface area contributed by atoms with Crippen molar-refractivity contribution in [2.24, 2.45) is 5.14 Å². The Morgan fingerprint density at radius 2 is 1.50 bits per heavy atom. The molecular formula is C16H13Cl3N6O7S2. The molecule has 5 N–H and O–H groups in total. The van der Waals surface area contributed by atoms with Gasteiger partial charge in [0.15, 0.2) is 5.11 Å². The number of anilines is 1. The number of halogens is 3. The van der Waals surface area contributed by atoms with Crippen LogP contribution in [0.15, 0.2) is 47.4 Å². The standard InChI is InChI=1S/C16H13Cl3N6O7S2/c17-16(18,19)14(23-15(33)21-9-1-3-12(4-2-9)34(20,31)32)22-13(26)8-5-10(24(27)28)7-11(6-8)25(29)30/h1-7,14H,(H,22,26)(H2,20,31,32)(H2,21,23,33)/t14-/m0/s1. The molecule has 0 saturated heterocycles. The van der Waals surface area contributed by atoms with E-state index in [1.807, 2.05) is 0 Å². The van der Waals surface area contributed by atoms with E-state index in [0.29, 0.717) is 11.8 Å². The molecule has 0 spiro atoms. The van der Waals surface area contributed by atoms with E-state index in [4.69, 9.17) is 52.2 Å². The van der Waals surface area contributed by atoms with Gasteiger partial charge in [0.25, 0.3) is 17.3 Å². The summed E-state index contributed by atoms with van der Waals surface area (Å²) in [6.45, 7) is 0. The number of hydrogen-bond donors (Lipinski definition) is 4.